The van der Waals surface area contributed by atoms with Crippen molar-refractivity contribution >= 4 is 17.7 Å². The normalized spacial score (nSPS) is 17.8. The molecule has 4 nitrogen and oxygen atoms in total. The van der Waals surface area contributed by atoms with Crippen LogP contribution in [0.15, 0.2) is 40.6 Å². The van der Waals surface area contributed by atoms with E-state index in [4.69, 9.17) is 4.74 Å². The molecule has 0 heterocycles. The van der Waals surface area contributed by atoms with Crippen LogP contribution in [-0.2, 0) is 4.79 Å². The van der Waals surface area contributed by atoms with E-state index in [2.05, 4.69) is 11.9 Å². The number of hydrogen-bond acceptors (Lipinski definition) is 4. The molecule has 0 unspecified atom stereocenters. The van der Waals surface area contributed by atoms with Crippen LogP contribution in [-0.4, -0.2) is 23.7 Å². The van der Waals surface area contributed by atoms with Crippen molar-refractivity contribution in [3.05, 3.63) is 35.6 Å². The van der Waals surface area contributed by atoms with Gasteiger partial charge < -0.3 is 9.84 Å². The summed E-state index contributed by atoms with van der Waals surface area (Å²) in [6.45, 7) is 6.76. The maximum atomic E-state index is 12.1. The molecule has 23 heavy (non-hydrogen) atoms. The first-order chi connectivity index (χ1) is 10.9. The number of nitrogens with zero attached hydrogens (tertiary/aromatic N) is 1. The second kappa shape index (κ2) is 7.44. The Kier molecular flexibility index (Phi) is 5.59. The average Bonchev–Trinajstić information content (AvgIpc) is 2.46. The standard InChI is InChI=1S/C19H25NO3/c1-4-5-9-23-15-8-6-7-14(10-15)20-13-16-17(21)11-19(2,3)12-18(16)22/h6-8,10,13,21H,4-5,9,11-12H2,1-3H3. The minimum Gasteiger partial charge on any atom is -0.511 e. The summed E-state index contributed by atoms with van der Waals surface area (Å²) in [5, 5.41) is 10.1. The van der Waals surface area contributed by atoms with Crippen molar-refractivity contribution in [1.82, 2.24) is 0 Å². The number of carbonyl (C=O) groups is 1. The maximum Gasteiger partial charge on any atom is 0.168 e. The van der Waals surface area contributed by atoms with Gasteiger partial charge >= 0.3 is 0 Å². The number of rotatable bonds is 6. The Morgan fingerprint density at radius 2 is 2.13 bits per heavy atom. The van der Waals surface area contributed by atoms with Gasteiger partial charge in [-0.1, -0.05) is 33.3 Å². The number of unbranched alkanes of at least 4 members (excludes halogenated alkanes) is 1. The van der Waals surface area contributed by atoms with E-state index in [-0.39, 0.29) is 17.0 Å². The van der Waals surface area contributed by atoms with Crippen molar-refractivity contribution < 1.29 is 14.6 Å². The van der Waals surface area contributed by atoms with Crippen LogP contribution in [0, 0.1) is 5.41 Å². The Hall–Kier alpha value is -2.10. The summed E-state index contributed by atoms with van der Waals surface area (Å²) in [6, 6.07) is 7.44. The van der Waals surface area contributed by atoms with Crippen molar-refractivity contribution in [2.45, 2.75) is 46.5 Å². The summed E-state index contributed by atoms with van der Waals surface area (Å²) in [4.78, 5) is 16.5. The fraction of sp³-hybridized carbons (Fsp3) is 0.474. The predicted molar refractivity (Wildman–Crippen MR) is 92.7 cm³/mol. The lowest BCUT2D eigenvalue weighted by Gasteiger charge is -2.28. The minimum absolute atomic E-state index is 0.0575. The van der Waals surface area contributed by atoms with E-state index in [0.717, 1.165) is 18.6 Å². The zero-order valence-electron chi connectivity index (χ0n) is 14.1. The van der Waals surface area contributed by atoms with E-state index in [0.29, 0.717) is 30.7 Å². The molecule has 0 fully saturated rings. The highest BCUT2D eigenvalue weighted by atomic mass is 16.5. The van der Waals surface area contributed by atoms with Crippen molar-refractivity contribution in [3.8, 4) is 5.75 Å². The molecular weight excluding hydrogens is 290 g/mol. The molecule has 0 atom stereocenters. The molecule has 0 aromatic heterocycles. The van der Waals surface area contributed by atoms with E-state index >= 15 is 0 Å². The maximum absolute atomic E-state index is 12.1. The van der Waals surface area contributed by atoms with Gasteiger partial charge in [0.15, 0.2) is 5.78 Å². The number of Topliss-reactive ketones (excluding diaryl/α,β-unsaturated/α-hetero) is 1. The zero-order valence-corrected chi connectivity index (χ0v) is 14.1. The van der Waals surface area contributed by atoms with Gasteiger partial charge in [0.05, 0.1) is 17.9 Å². The molecule has 0 radical (unpaired) electrons. The number of ketones is 1. The van der Waals surface area contributed by atoms with Gasteiger partial charge in [-0.15, -0.1) is 0 Å². The van der Waals surface area contributed by atoms with Crippen LogP contribution in [0.1, 0.15) is 46.5 Å². The molecule has 0 bridgehead atoms. The van der Waals surface area contributed by atoms with Crippen molar-refractivity contribution in [1.29, 1.82) is 0 Å². The number of aliphatic hydroxyl groups excluding tert-OH is 1. The van der Waals surface area contributed by atoms with Crippen LogP contribution in [0.25, 0.3) is 0 Å². The first-order valence-corrected chi connectivity index (χ1v) is 8.13. The van der Waals surface area contributed by atoms with Crippen LogP contribution in [0.4, 0.5) is 5.69 Å². The van der Waals surface area contributed by atoms with Gasteiger partial charge in [0.1, 0.15) is 11.5 Å². The van der Waals surface area contributed by atoms with Gasteiger partial charge in [-0.25, -0.2) is 0 Å². The first kappa shape index (κ1) is 17.3. The van der Waals surface area contributed by atoms with Crippen molar-refractivity contribution in [2.75, 3.05) is 6.61 Å². The Bertz CT molecular complexity index is 629. The Balaban J connectivity index is 2.11. The van der Waals surface area contributed by atoms with Crippen LogP contribution >= 0.6 is 0 Å². The third-order valence-corrected chi connectivity index (χ3v) is 3.82. The monoisotopic (exact) mass is 315 g/mol. The lowest BCUT2D eigenvalue weighted by Crippen LogP contribution is -2.26. The van der Waals surface area contributed by atoms with E-state index in [9.17, 15) is 9.90 Å². The van der Waals surface area contributed by atoms with E-state index in [1.165, 1.54) is 6.21 Å². The van der Waals surface area contributed by atoms with E-state index < -0.39 is 0 Å². The molecule has 2 rings (SSSR count). The third kappa shape index (κ3) is 4.95. The van der Waals surface area contributed by atoms with Crippen molar-refractivity contribution in [3.63, 3.8) is 0 Å². The smallest absolute Gasteiger partial charge is 0.168 e. The number of aliphatic imine (C=N–C) groups is 1. The Morgan fingerprint density at radius 3 is 2.83 bits per heavy atom. The summed E-state index contributed by atoms with van der Waals surface area (Å²) in [7, 11) is 0. The highest BCUT2D eigenvalue weighted by Crippen LogP contribution is 2.35. The summed E-state index contributed by atoms with van der Waals surface area (Å²) >= 11 is 0. The summed E-state index contributed by atoms with van der Waals surface area (Å²) in [5.41, 5.74) is 0.837. The number of allylic oxidation sites excluding steroid dienone is 2. The Morgan fingerprint density at radius 1 is 1.35 bits per heavy atom. The second-order valence-electron chi connectivity index (χ2n) is 6.76. The fourth-order valence-corrected chi connectivity index (χ4v) is 2.58. The quantitative estimate of drug-likeness (QED) is 0.607. The lowest BCUT2D eigenvalue weighted by atomic mass is 9.77. The predicted octanol–water partition coefficient (Wildman–Crippen LogP) is 4.77. The molecule has 1 aliphatic rings. The largest absolute Gasteiger partial charge is 0.511 e. The number of aliphatic hydroxyl groups is 1. The number of benzene rings is 1. The topological polar surface area (TPSA) is 58.9 Å². The zero-order chi connectivity index (χ0) is 16.9. The molecule has 124 valence electrons. The van der Waals surface area contributed by atoms with Gasteiger partial charge in [0.2, 0.25) is 0 Å². The molecule has 4 heteroatoms. The number of ether oxygens (including phenoxy) is 1. The lowest BCUT2D eigenvalue weighted by molar-refractivity contribution is -0.117. The number of carbonyl (C=O) groups excluding carboxylic acids is 1. The Labute approximate surface area is 137 Å². The minimum atomic E-state index is -0.189. The molecule has 0 saturated carbocycles. The fourth-order valence-electron chi connectivity index (χ4n) is 2.58. The molecule has 0 spiro atoms. The summed E-state index contributed by atoms with van der Waals surface area (Å²) in [6.07, 6.45) is 4.50. The van der Waals surface area contributed by atoms with Crippen LogP contribution in [0.3, 0.4) is 0 Å². The highest BCUT2D eigenvalue weighted by molar-refractivity contribution is 6.14. The molecule has 0 saturated heterocycles. The summed E-state index contributed by atoms with van der Waals surface area (Å²) in [5.74, 6) is 0.839. The SMILES string of the molecule is CCCCOc1cccc(N=CC2=C(O)CC(C)(C)CC2=O)c1. The molecule has 0 amide bonds. The molecule has 1 N–H and O–H groups in total. The van der Waals surface area contributed by atoms with Gasteiger partial charge in [-0.2, -0.15) is 0 Å². The second-order valence-corrected chi connectivity index (χ2v) is 6.76. The molecular formula is C19H25NO3. The molecule has 1 aromatic rings. The molecule has 1 aromatic carbocycles. The summed E-state index contributed by atoms with van der Waals surface area (Å²) < 4.78 is 5.65. The van der Waals surface area contributed by atoms with Gasteiger partial charge in [-0.05, 0) is 24.0 Å². The van der Waals surface area contributed by atoms with Crippen LogP contribution < -0.4 is 4.74 Å². The van der Waals surface area contributed by atoms with Gasteiger partial charge in [0, 0.05) is 25.1 Å². The van der Waals surface area contributed by atoms with E-state index in [1.807, 2.05) is 38.1 Å². The average molecular weight is 315 g/mol. The van der Waals surface area contributed by atoms with Crippen LogP contribution in [0.5, 0.6) is 5.75 Å². The van der Waals surface area contributed by atoms with Crippen LogP contribution in [0.2, 0.25) is 0 Å². The first-order valence-electron chi connectivity index (χ1n) is 8.13. The number of hydrogen-bond donors (Lipinski definition) is 1. The molecule has 1 aliphatic carbocycles. The van der Waals surface area contributed by atoms with Gasteiger partial charge in [0.25, 0.3) is 0 Å². The highest BCUT2D eigenvalue weighted by Gasteiger charge is 2.32. The third-order valence-electron chi connectivity index (χ3n) is 3.82. The van der Waals surface area contributed by atoms with E-state index in [1.54, 1.807) is 0 Å². The van der Waals surface area contributed by atoms with Gasteiger partial charge in [-0.3, -0.25) is 9.79 Å². The van der Waals surface area contributed by atoms with Crippen molar-refractivity contribution in [2.24, 2.45) is 10.4 Å². The molecule has 0 aliphatic heterocycles.